The first kappa shape index (κ1) is 22.0. The van der Waals surface area contributed by atoms with Crippen LogP contribution < -0.4 is 10.1 Å². The number of halogens is 6. The zero-order chi connectivity index (χ0) is 23.0. The lowest BCUT2D eigenvalue weighted by Gasteiger charge is -2.10. The Balaban J connectivity index is 1.67. The molecule has 0 saturated carbocycles. The van der Waals surface area contributed by atoms with Crippen LogP contribution in [-0.2, 0) is 6.18 Å². The standard InChI is InChI=1S/C19H10ClF5N4O2S/c20-10-6-9(3-4-13(10)31-18(21)22)26-17(30)12-8-16-27-11(14-2-1-5-32-14)7-15(19(23,24)25)29(16)28-12/h1-8,18H,(H,26,30). The number of fused-ring (bicyclic) bond motifs is 1. The van der Waals surface area contributed by atoms with E-state index < -0.39 is 24.4 Å². The molecule has 1 amide bonds. The molecule has 4 rings (SSSR count). The van der Waals surface area contributed by atoms with E-state index in [9.17, 15) is 26.7 Å². The molecule has 32 heavy (non-hydrogen) atoms. The smallest absolute Gasteiger partial charge is 0.433 e. The van der Waals surface area contributed by atoms with Crippen molar-refractivity contribution in [1.82, 2.24) is 14.6 Å². The number of alkyl halides is 5. The van der Waals surface area contributed by atoms with Gasteiger partial charge in [0.2, 0.25) is 0 Å². The van der Waals surface area contributed by atoms with Crippen molar-refractivity contribution in [2.24, 2.45) is 0 Å². The molecular weight excluding hydrogens is 479 g/mol. The maximum atomic E-state index is 13.6. The number of benzene rings is 1. The van der Waals surface area contributed by atoms with Crippen LogP contribution in [0.5, 0.6) is 5.75 Å². The van der Waals surface area contributed by atoms with Crippen LogP contribution >= 0.6 is 22.9 Å². The number of ether oxygens (including phenoxy) is 1. The first-order valence-electron chi connectivity index (χ1n) is 8.69. The number of anilines is 1. The van der Waals surface area contributed by atoms with Gasteiger partial charge in [-0.2, -0.15) is 27.1 Å². The number of aromatic nitrogens is 3. The largest absolute Gasteiger partial charge is 0.433 e. The summed E-state index contributed by atoms with van der Waals surface area (Å²) in [4.78, 5) is 17.2. The summed E-state index contributed by atoms with van der Waals surface area (Å²) in [6.45, 7) is -3.08. The highest BCUT2D eigenvalue weighted by atomic mass is 35.5. The molecule has 0 aliphatic rings. The summed E-state index contributed by atoms with van der Waals surface area (Å²) in [6.07, 6.45) is -4.75. The van der Waals surface area contributed by atoms with E-state index in [2.05, 4.69) is 20.1 Å². The van der Waals surface area contributed by atoms with Gasteiger partial charge in [0.15, 0.2) is 17.0 Å². The fraction of sp³-hybridized carbons (Fsp3) is 0.105. The van der Waals surface area contributed by atoms with Gasteiger partial charge in [0.1, 0.15) is 5.75 Å². The molecule has 13 heteroatoms. The van der Waals surface area contributed by atoms with E-state index >= 15 is 0 Å². The van der Waals surface area contributed by atoms with Gasteiger partial charge in [-0.15, -0.1) is 11.3 Å². The van der Waals surface area contributed by atoms with E-state index in [0.29, 0.717) is 9.39 Å². The molecule has 0 aliphatic heterocycles. The van der Waals surface area contributed by atoms with Gasteiger partial charge in [-0.05, 0) is 35.7 Å². The summed E-state index contributed by atoms with van der Waals surface area (Å²) in [5.74, 6) is -1.15. The minimum Gasteiger partial charge on any atom is -0.433 e. The molecule has 0 saturated heterocycles. The van der Waals surface area contributed by atoms with Crippen LogP contribution in [0.1, 0.15) is 16.2 Å². The molecule has 0 bridgehead atoms. The third-order valence-corrected chi connectivity index (χ3v) is 5.32. The third-order valence-electron chi connectivity index (χ3n) is 4.13. The number of amides is 1. The highest BCUT2D eigenvalue weighted by Gasteiger charge is 2.35. The fourth-order valence-corrected chi connectivity index (χ4v) is 3.71. The molecule has 0 unspecified atom stereocenters. The number of hydrogen-bond donors (Lipinski definition) is 1. The first-order chi connectivity index (χ1) is 15.1. The minimum atomic E-state index is -4.75. The van der Waals surface area contributed by atoms with Crippen LogP contribution in [0.2, 0.25) is 5.02 Å². The molecule has 0 atom stereocenters. The van der Waals surface area contributed by atoms with Gasteiger partial charge in [-0.25, -0.2) is 9.50 Å². The van der Waals surface area contributed by atoms with E-state index in [-0.39, 0.29) is 33.5 Å². The number of thiophene rings is 1. The molecule has 0 aliphatic carbocycles. The van der Waals surface area contributed by atoms with Crippen molar-refractivity contribution in [3.8, 4) is 16.3 Å². The van der Waals surface area contributed by atoms with Crippen LogP contribution in [0, 0.1) is 0 Å². The first-order valence-corrected chi connectivity index (χ1v) is 9.95. The predicted molar refractivity (Wildman–Crippen MR) is 107 cm³/mol. The maximum Gasteiger partial charge on any atom is 0.433 e. The predicted octanol–water partition coefficient (Wildman–Crippen LogP) is 5.98. The Morgan fingerprint density at radius 1 is 1.19 bits per heavy atom. The Morgan fingerprint density at radius 2 is 1.97 bits per heavy atom. The lowest BCUT2D eigenvalue weighted by atomic mass is 10.2. The monoisotopic (exact) mass is 488 g/mol. The number of nitrogens with one attached hydrogen (secondary N) is 1. The second-order valence-electron chi connectivity index (χ2n) is 6.28. The summed E-state index contributed by atoms with van der Waals surface area (Å²) in [7, 11) is 0. The molecule has 0 fully saturated rings. The average Bonchev–Trinajstić information content (AvgIpc) is 3.37. The quantitative estimate of drug-likeness (QED) is 0.351. The summed E-state index contributed by atoms with van der Waals surface area (Å²) in [5.41, 5.74) is -1.42. The molecular formula is C19H10ClF5N4O2S. The number of hydrogen-bond acceptors (Lipinski definition) is 5. The van der Waals surface area contributed by atoms with Gasteiger partial charge in [0, 0.05) is 11.8 Å². The molecule has 6 nitrogen and oxygen atoms in total. The third kappa shape index (κ3) is 4.50. The summed E-state index contributed by atoms with van der Waals surface area (Å²) >= 11 is 7.06. The molecule has 3 heterocycles. The Hall–Kier alpha value is -3.25. The molecule has 0 spiro atoms. The molecule has 1 aromatic carbocycles. The lowest BCUT2D eigenvalue weighted by molar-refractivity contribution is -0.142. The number of carbonyl (C=O) groups excluding carboxylic acids is 1. The van der Waals surface area contributed by atoms with Crippen molar-refractivity contribution >= 4 is 40.2 Å². The van der Waals surface area contributed by atoms with Crippen molar-refractivity contribution in [3.63, 3.8) is 0 Å². The highest BCUT2D eigenvalue weighted by molar-refractivity contribution is 7.13. The minimum absolute atomic E-state index is 0.0908. The summed E-state index contributed by atoms with van der Waals surface area (Å²) in [6, 6.07) is 8.78. The van der Waals surface area contributed by atoms with Crippen molar-refractivity contribution in [1.29, 1.82) is 0 Å². The van der Waals surface area contributed by atoms with Gasteiger partial charge in [-0.3, -0.25) is 4.79 Å². The van der Waals surface area contributed by atoms with Gasteiger partial charge >= 0.3 is 12.8 Å². The van der Waals surface area contributed by atoms with E-state index in [0.717, 1.165) is 24.3 Å². The number of carbonyl (C=O) groups is 1. The van der Waals surface area contributed by atoms with Crippen molar-refractivity contribution in [2.75, 3.05) is 5.32 Å². The van der Waals surface area contributed by atoms with E-state index in [1.54, 1.807) is 17.5 Å². The van der Waals surface area contributed by atoms with E-state index in [1.807, 2.05) is 0 Å². The fourth-order valence-electron chi connectivity index (χ4n) is 2.80. The average molecular weight is 489 g/mol. The normalized spacial score (nSPS) is 11.8. The summed E-state index contributed by atoms with van der Waals surface area (Å²) in [5, 5.41) is 7.64. The van der Waals surface area contributed by atoms with Crippen LogP contribution in [0.15, 0.2) is 47.8 Å². The van der Waals surface area contributed by atoms with Crippen molar-refractivity contribution < 1.29 is 31.5 Å². The molecule has 1 N–H and O–H groups in total. The van der Waals surface area contributed by atoms with Gasteiger partial charge in [0.05, 0.1) is 15.6 Å². The van der Waals surface area contributed by atoms with Crippen LogP contribution in [0.25, 0.3) is 16.2 Å². The molecule has 3 aromatic heterocycles. The van der Waals surface area contributed by atoms with Gasteiger partial charge < -0.3 is 10.1 Å². The number of rotatable bonds is 5. The Labute approximate surface area is 185 Å². The Bertz CT molecular complexity index is 1290. The molecule has 166 valence electrons. The van der Waals surface area contributed by atoms with Gasteiger partial charge in [0.25, 0.3) is 5.91 Å². The van der Waals surface area contributed by atoms with Crippen molar-refractivity contribution in [2.45, 2.75) is 12.8 Å². The zero-order valence-electron chi connectivity index (χ0n) is 15.5. The lowest BCUT2D eigenvalue weighted by Crippen LogP contribution is -2.15. The second-order valence-corrected chi connectivity index (χ2v) is 7.63. The second kappa shape index (κ2) is 8.36. The number of nitrogens with zero attached hydrogens (tertiary/aromatic N) is 3. The Morgan fingerprint density at radius 3 is 2.59 bits per heavy atom. The molecule has 0 radical (unpaired) electrons. The SMILES string of the molecule is O=C(Nc1ccc(OC(F)F)c(Cl)c1)c1cc2nc(-c3cccs3)cc(C(F)(F)F)n2n1. The summed E-state index contributed by atoms with van der Waals surface area (Å²) < 4.78 is 70.2. The van der Waals surface area contributed by atoms with Crippen LogP contribution in [-0.4, -0.2) is 27.1 Å². The van der Waals surface area contributed by atoms with Crippen LogP contribution in [0.3, 0.4) is 0 Å². The topological polar surface area (TPSA) is 68.5 Å². The van der Waals surface area contributed by atoms with E-state index in [1.165, 1.54) is 17.4 Å². The zero-order valence-corrected chi connectivity index (χ0v) is 17.1. The van der Waals surface area contributed by atoms with Gasteiger partial charge in [-0.1, -0.05) is 17.7 Å². The van der Waals surface area contributed by atoms with Crippen molar-refractivity contribution in [3.05, 3.63) is 64.3 Å². The van der Waals surface area contributed by atoms with Crippen LogP contribution in [0.4, 0.5) is 27.6 Å². The Kier molecular flexibility index (Phi) is 5.73. The maximum absolute atomic E-state index is 13.6. The highest BCUT2D eigenvalue weighted by Crippen LogP contribution is 2.34. The molecule has 4 aromatic rings. The van der Waals surface area contributed by atoms with E-state index in [4.69, 9.17) is 11.6 Å².